The highest BCUT2D eigenvalue weighted by Crippen LogP contribution is 2.31. The predicted octanol–water partition coefficient (Wildman–Crippen LogP) is 4.53. The fourth-order valence-corrected chi connectivity index (χ4v) is 3.22. The molecule has 0 amide bonds. The van der Waals surface area contributed by atoms with E-state index in [0.29, 0.717) is 5.82 Å². The number of hydrogen-bond acceptors (Lipinski definition) is 3. The Bertz CT molecular complexity index is 888. The van der Waals surface area contributed by atoms with Gasteiger partial charge in [-0.3, -0.25) is 0 Å². The fourth-order valence-electron chi connectivity index (χ4n) is 3.22. The smallest absolute Gasteiger partial charge is 0.178 e. The lowest BCUT2D eigenvalue weighted by Crippen LogP contribution is -2.11. The molecule has 0 spiro atoms. The maximum absolute atomic E-state index is 13.3. The van der Waals surface area contributed by atoms with Crippen molar-refractivity contribution in [2.45, 2.75) is 32.6 Å². The number of rotatable bonds is 2. The topological polar surface area (TPSA) is 38.7 Å². The van der Waals surface area contributed by atoms with Crippen LogP contribution in [0.3, 0.4) is 0 Å². The maximum Gasteiger partial charge on any atom is 0.178 e. The Hall–Kier alpha value is -2.62. The number of benzene rings is 1. The predicted molar refractivity (Wildman–Crippen MR) is 92.0 cm³/mol. The Morgan fingerprint density at radius 1 is 0.875 bits per heavy atom. The zero-order valence-electron chi connectivity index (χ0n) is 13.6. The summed E-state index contributed by atoms with van der Waals surface area (Å²) in [6.45, 7) is 1.96. The van der Waals surface area contributed by atoms with E-state index in [-0.39, 0.29) is 5.82 Å². The maximum atomic E-state index is 13.3. The van der Waals surface area contributed by atoms with E-state index >= 15 is 0 Å². The van der Waals surface area contributed by atoms with Gasteiger partial charge in [0.25, 0.3) is 0 Å². The van der Waals surface area contributed by atoms with Crippen molar-refractivity contribution in [1.29, 1.82) is 0 Å². The second-order valence-corrected chi connectivity index (χ2v) is 6.20. The van der Waals surface area contributed by atoms with Gasteiger partial charge >= 0.3 is 0 Å². The lowest BCUT2D eigenvalue weighted by Gasteiger charge is -2.19. The van der Waals surface area contributed by atoms with Gasteiger partial charge in [-0.1, -0.05) is 6.07 Å². The summed E-state index contributed by atoms with van der Waals surface area (Å²) in [5, 5.41) is 0. The van der Waals surface area contributed by atoms with Crippen LogP contribution in [0.5, 0.6) is 0 Å². The first kappa shape index (κ1) is 14.9. The van der Waals surface area contributed by atoms with Crippen molar-refractivity contribution in [3.8, 4) is 22.8 Å². The van der Waals surface area contributed by atoms with Gasteiger partial charge in [-0.15, -0.1) is 0 Å². The second-order valence-electron chi connectivity index (χ2n) is 6.20. The van der Waals surface area contributed by atoms with Crippen LogP contribution in [0, 0.1) is 12.7 Å². The molecular formula is C20H18FN3. The molecule has 0 unspecified atom stereocenters. The summed E-state index contributed by atoms with van der Waals surface area (Å²) in [5.74, 6) is 0.418. The minimum atomic E-state index is -0.234. The summed E-state index contributed by atoms with van der Waals surface area (Å²) in [6, 6.07) is 12.4. The van der Waals surface area contributed by atoms with Gasteiger partial charge in [0.05, 0.1) is 5.69 Å². The van der Waals surface area contributed by atoms with Crippen molar-refractivity contribution < 1.29 is 4.39 Å². The average molecular weight is 319 g/mol. The van der Waals surface area contributed by atoms with Crippen molar-refractivity contribution >= 4 is 0 Å². The minimum absolute atomic E-state index is 0.234. The van der Waals surface area contributed by atoms with Crippen molar-refractivity contribution in [1.82, 2.24) is 15.0 Å². The van der Waals surface area contributed by atoms with E-state index in [0.717, 1.165) is 54.0 Å². The van der Waals surface area contributed by atoms with E-state index in [1.807, 2.05) is 25.1 Å². The van der Waals surface area contributed by atoms with Gasteiger partial charge in [-0.05, 0) is 69.0 Å². The van der Waals surface area contributed by atoms with E-state index in [2.05, 4.69) is 4.98 Å². The molecule has 1 aliphatic carbocycles. The Labute approximate surface area is 140 Å². The standard InChI is InChI=1S/C20H18FN3/c1-13-5-4-8-18(22-13)20-23-17-7-3-2-6-16(17)19(24-20)14-9-11-15(21)12-10-14/h4-5,8-12H,2-3,6-7H2,1H3. The first-order chi connectivity index (χ1) is 11.7. The largest absolute Gasteiger partial charge is 0.250 e. The summed E-state index contributed by atoms with van der Waals surface area (Å²) < 4.78 is 13.3. The molecule has 0 bridgehead atoms. The molecule has 4 heteroatoms. The summed E-state index contributed by atoms with van der Waals surface area (Å²) in [5.41, 5.74) is 5.88. The van der Waals surface area contributed by atoms with Crippen molar-refractivity contribution in [3.05, 3.63) is 65.2 Å². The molecule has 0 saturated heterocycles. The SMILES string of the molecule is Cc1cccc(-c2nc3c(c(-c4ccc(F)cc4)n2)CCCC3)n1. The monoisotopic (exact) mass is 319 g/mol. The number of nitrogens with zero attached hydrogens (tertiary/aromatic N) is 3. The third-order valence-electron chi connectivity index (χ3n) is 4.42. The van der Waals surface area contributed by atoms with Crippen LogP contribution < -0.4 is 0 Å². The highest BCUT2D eigenvalue weighted by Gasteiger charge is 2.20. The number of hydrogen-bond donors (Lipinski definition) is 0. The Morgan fingerprint density at radius 2 is 1.67 bits per heavy atom. The van der Waals surface area contributed by atoms with E-state index in [1.165, 1.54) is 17.7 Å². The summed E-state index contributed by atoms with van der Waals surface area (Å²) in [7, 11) is 0. The van der Waals surface area contributed by atoms with Crippen molar-refractivity contribution in [2.24, 2.45) is 0 Å². The van der Waals surface area contributed by atoms with Gasteiger partial charge in [0.15, 0.2) is 5.82 Å². The van der Waals surface area contributed by atoms with E-state index in [4.69, 9.17) is 9.97 Å². The van der Waals surface area contributed by atoms with Crippen LogP contribution in [-0.2, 0) is 12.8 Å². The molecular weight excluding hydrogens is 301 g/mol. The molecule has 0 atom stereocenters. The quantitative estimate of drug-likeness (QED) is 0.696. The molecule has 1 aromatic carbocycles. The summed E-state index contributed by atoms with van der Waals surface area (Å²) in [4.78, 5) is 14.1. The van der Waals surface area contributed by atoms with E-state index in [1.54, 1.807) is 12.1 Å². The third kappa shape index (κ3) is 2.80. The molecule has 0 fully saturated rings. The van der Waals surface area contributed by atoms with Crippen LogP contribution in [0.2, 0.25) is 0 Å². The number of aryl methyl sites for hydroxylation is 2. The number of halogens is 1. The van der Waals surface area contributed by atoms with Gasteiger partial charge in [-0.2, -0.15) is 0 Å². The highest BCUT2D eigenvalue weighted by molar-refractivity contribution is 5.67. The summed E-state index contributed by atoms with van der Waals surface area (Å²) in [6.07, 6.45) is 4.23. The molecule has 1 aliphatic rings. The average Bonchev–Trinajstić information content (AvgIpc) is 2.61. The lowest BCUT2D eigenvalue weighted by molar-refractivity contribution is 0.628. The van der Waals surface area contributed by atoms with E-state index in [9.17, 15) is 4.39 Å². The molecule has 120 valence electrons. The second kappa shape index (κ2) is 6.11. The highest BCUT2D eigenvalue weighted by atomic mass is 19.1. The van der Waals surface area contributed by atoms with Crippen LogP contribution in [0.25, 0.3) is 22.8 Å². The number of pyridine rings is 1. The minimum Gasteiger partial charge on any atom is -0.250 e. The molecule has 0 aliphatic heterocycles. The fraction of sp³-hybridized carbons (Fsp3) is 0.250. The van der Waals surface area contributed by atoms with E-state index < -0.39 is 0 Å². The van der Waals surface area contributed by atoms with Crippen molar-refractivity contribution in [3.63, 3.8) is 0 Å². The molecule has 0 N–H and O–H groups in total. The molecule has 2 aromatic heterocycles. The van der Waals surface area contributed by atoms with Gasteiger partial charge < -0.3 is 0 Å². The molecule has 3 nitrogen and oxygen atoms in total. The van der Waals surface area contributed by atoms with Crippen LogP contribution in [0.4, 0.5) is 4.39 Å². The molecule has 0 radical (unpaired) electrons. The zero-order chi connectivity index (χ0) is 16.5. The number of fused-ring (bicyclic) bond motifs is 1. The molecule has 24 heavy (non-hydrogen) atoms. The van der Waals surface area contributed by atoms with Crippen LogP contribution in [0.15, 0.2) is 42.5 Å². The first-order valence-electron chi connectivity index (χ1n) is 8.30. The van der Waals surface area contributed by atoms with Crippen LogP contribution >= 0.6 is 0 Å². The molecule has 2 heterocycles. The van der Waals surface area contributed by atoms with Gasteiger partial charge in [0, 0.05) is 22.5 Å². The normalized spacial score (nSPS) is 13.6. The Kier molecular flexibility index (Phi) is 3.81. The molecule has 4 rings (SSSR count). The molecule has 3 aromatic rings. The van der Waals surface area contributed by atoms with Gasteiger partial charge in [-0.25, -0.2) is 19.3 Å². The van der Waals surface area contributed by atoms with Crippen LogP contribution in [0.1, 0.15) is 29.8 Å². The van der Waals surface area contributed by atoms with Gasteiger partial charge in [0.1, 0.15) is 11.5 Å². The zero-order valence-corrected chi connectivity index (χ0v) is 13.6. The first-order valence-corrected chi connectivity index (χ1v) is 8.30. The summed E-state index contributed by atoms with van der Waals surface area (Å²) >= 11 is 0. The third-order valence-corrected chi connectivity index (χ3v) is 4.42. The Morgan fingerprint density at radius 3 is 2.46 bits per heavy atom. The van der Waals surface area contributed by atoms with Crippen LogP contribution in [-0.4, -0.2) is 15.0 Å². The van der Waals surface area contributed by atoms with Crippen molar-refractivity contribution in [2.75, 3.05) is 0 Å². The number of aromatic nitrogens is 3. The Balaban J connectivity index is 1.91. The van der Waals surface area contributed by atoms with Gasteiger partial charge in [0.2, 0.25) is 0 Å². The lowest BCUT2D eigenvalue weighted by atomic mass is 9.92. The molecule has 0 saturated carbocycles.